The standard InChI is InChI=1S/C32H47FN6O4Si/c1-8-25-24(18-43-38-25)31(40)36-29(22-12-10-20(3)11-13-22)32(41)35-27-15-14-23(30(33)34-27)28-21(4)37-39(26(28)9-2)19-42-16-17-44(5,6)7/h14-15,18,20,22,29H,8-13,16-17,19H2,1-7H3,(H,36,40)(H,34,35,41)/t20?,22?,29-/m0/s1. The van der Waals surface area contributed by atoms with E-state index in [9.17, 15) is 9.59 Å². The summed E-state index contributed by atoms with van der Waals surface area (Å²) < 4.78 is 28.3. The number of hydrogen-bond donors (Lipinski definition) is 2. The molecule has 1 atom stereocenters. The third kappa shape index (κ3) is 8.20. The van der Waals surface area contributed by atoms with Crippen LogP contribution >= 0.6 is 0 Å². The molecule has 3 heterocycles. The second-order valence-corrected chi connectivity index (χ2v) is 18.8. The summed E-state index contributed by atoms with van der Waals surface area (Å²) >= 11 is 0. The van der Waals surface area contributed by atoms with Crippen molar-refractivity contribution in [2.24, 2.45) is 11.8 Å². The van der Waals surface area contributed by atoms with Crippen LogP contribution in [-0.4, -0.2) is 52.5 Å². The van der Waals surface area contributed by atoms with Gasteiger partial charge in [-0.05, 0) is 62.6 Å². The zero-order valence-corrected chi connectivity index (χ0v) is 28.1. The summed E-state index contributed by atoms with van der Waals surface area (Å²) in [5, 5.41) is 14.2. The maximum Gasteiger partial charge on any atom is 0.257 e. The number of ether oxygens (including phenoxy) is 1. The van der Waals surface area contributed by atoms with E-state index in [-0.39, 0.29) is 11.7 Å². The minimum atomic E-state index is -1.21. The maximum absolute atomic E-state index is 15.6. The first-order chi connectivity index (χ1) is 20.9. The molecule has 0 aliphatic heterocycles. The van der Waals surface area contributed by atoms with Gasteiger partial charge in [-0.2, -0.15) is 9.49 Å². The quantitative estimate of drug-likeness (QED) is 0.128. The number of nitrogens with zero attached hydrogens (tertiary/aromatic N) is 4. The van der Waals surface area contributed by atoms with Gasteiger partial charge in [-0.15, -0.1) is 0 Å². The Morgan fingerprint density at radius 1 is 1.16 bits per heavy atom. The summed E-state index contributed by atoms with van der Waals surface area (Å²) in [5.41, 5.74) is 3.39. The Morgan fingerprint density at radius 3 is 2.52 bits per heavy atom. The Morgan fingerprint density at radius 2 is 1.89 bits per heavy atom. The van der Waals surface area contributed by atoms with Crippen LogP contribution in [0.1, 0.15) is 73.9 Å². The van der Waals surface area contributed by atoms with Crippen LogP contribution in [0.5, 0.6) is 0 Å². The van der Waals surface area contributed by atoms with Crippen LogP contribution in [0, 0.1) is 24.7 Å². The number of rotatable bonds is 13. The molecule has 2 N–H and O–H groups in total. The van der Waals surface area contributed by atoms with E-state index in [0.29, 0.717) is 60.2 Å². The fraction of sp³-hybridized carbons (Fsp3) is 0.594. The normalized spacial score (nSPS) is 17.8. The van der Waals surface area contributed by atoms with Crippen molar-refractivity contribution in [2.45, 2.75) is 105 Å². The number of hydrogen-bond acceptors (Lipinski definition) is 7. The maximum atomic E-state index is 15.6. The molecule has 0 spiro atoms. The van der Waals surface area contributed by atoms with Gasteiger partial charge < -0.3 is 19.9 Å². The van der Waals surface area contributed by atoms with Crippen LogP contribution in [0.25, 0.3) is 11.1 Å². The van der Waals surface area contributed by atoms with Gasteiger partial charge in [0.05, 0.1) is 11.4 Å². The minimum Gasteiger partial charge on any atom is -0.364 e. The van der Waals surface area contributed by atoms with Crippen molar-refractivity contribution in [1.82, 2.24) is 25.2 Å². The van der Waals surface area contributed by atoms with Crippen molar-refractivity contribution in [2.75, 3.05) is 11.9 Å². The highest BCUT2D eigenvalue weighted by Crippen LogP contribution is 2.33. The Labute approximate surface area is 260 Å². The summed E-state index contributed by atoms with van der Waals surface area (Å²) in [6.45, 7) is 15.8. The van der Waals surface area contributed by atoms with E-state index < -0.39 is 31.9 Å². The molecule has 44 heavy (non-hydrogen) atoms. The molecule has 0 aromatic carbocycles. The number of aromatic nitrogens is 4. The first kappa shape index (κ1) is 33.5. The highest BCUT2D eigenvalue weighted by molar-refractivity contribution is 6.76. The molecule has 1 saturated carbocycles. The lowest BCUT2D eigenvalue weighted by atomic mass is 9.79. The molecule has 4 rings (SSSR count). The fourth-order valence-corrected chi connectivity index (χ4v) is 6.56. The van der Waals surface area contributed by atoms with Crippen LogP contribution < -0.4 is 10.6 Å². The zero-order chi connectivity index (χ0) is 32.0. The number of carbonyl (C=O) groups excluding carboxylic acids is 2. The summed E-state index contributed by atoms with van der Waals surface area (Å²) in [4.78, 5) is 30.9. The van der Waals surface area contributed by atoms with Gasteiger partial charge in [-0.3, -0.25) is 9.59 Å². The third-order valence-electron chi connectivity index (χ3n) is 8.47. The minimum absolute atomic E-state index is 0.0576. The zero-order valence-electron chi connectivity index (χ0n) is 27.1. The van der Waals surface area contributed by atoms with Crippen molar-refractivity contribution in [3.8, 4) is 11.1 Å². The summed E-state index contributed by atoms with van der Waals surface area (Å²) in [7, 11) is -1.21. The molecule has 0 bridgehead atoms. The molecule has 240 valence electrons. The van der Waals surface area contributed by atoms with Crippen molar-refractivity contribution in [3.63, 3.8) is 0 Å². The molecule has 1 aliphatic rings. The first-order valence-electron chi connectivity index (χ1n) is 15.8. The molecular formula is C32H47FN6O4Si. The number of amides is 2. The predicted octanol–water partition coefficient (Wildman–Crippen LogP) is 6.38. The van der Waals surface area contributed by atoms with Crippen LogP contribution in [0.15, 0.2) is 22.9 Å². The predicted molar refractivity (Wildman–Crippen MR) is 171 cm³/mol. The highest BCUT2D eigenvalue weighted by Gasteiger charge is 2.34. The summed E-state index contributed by atoms with van der Waals surface area (Å²) in [6.07, 6.45) is 6.00. The van der Waals surface area contributed by atoms with Gasteiger partial charge in [0.2, 0.25) is 11.9 Å². The molecule has 0 saturated heterocycles. The lowest BCUT2D eigenvalue weighted by Gasteiger charge is -2.32. The molecular weight excluding hydrogens is 579 g/mol. The first-order valence-corrected chi connectivity index (χ1v) is 19.5. The van der Waals surface area contributed by atoms with Crippen molar-refractivity contribution >= 4 is 25.7 Å². The molecule has 0 radical (unpaired) electrons. The van der Waals surface area contributed by atoms with E-state index in [0.717, 1.165) is 37.4 Å². The summed E-state index contributed by atoms with van der Waals surface area (Å²) in [5.74, 6) is -0.962. The smallest absolute Gasteiger partial charge is 0.257 e. The highest BCUT2D eigenvalue weighted by atomic mass is 28.3. The molecule has 1 aliphatic carbocycles. The van der Waals surface area contributed by atoms with Crippen molar-refractivity contribution in [1.29, 1.82) is 0 Å². The molecule has 10 nitrogen and oxygen atoms in total. The topological polar surface area (TPSA) is 124 Å². The second kappa shape index (κ2) is 14.6. The van der Waals surface area contributed by atoms with E-state index in [4.69, 9.17) is 9.26 Å². The second-order valence-electron chi connectivity index (χ2n) is 13.1. The Kier molecular flexibility index (Phi) is 11.1. The van der Waals surface area contributed by atoms with Crippen LogP contribution in [0.2, 0.25) is 25.7 Å². The Hall–Kier alpha value is -3.38. The number of nitrogens with one attached hydrogen (secondary N) is 2. The number of halogens is 1. The third-order valence-corrected chi connectivity index (χ3v) is 10.2. The van der Waals surface area contributed by atoms with E-state index in [1.807, 2.05) is 20.8 Å². The van der Waals surface area contributed by atoms with E-state index >= 15 is 4.39 Å². The van der Waals surface area contributed by atoms with E-state index in [2.05, 4.69) is 52.4 Å². The SMILES string of the molecule is CCc1nocc1C(=O)N[C@H](C(=O)Nc1ccc(-c2c(C)nn(COCC[Si](C)(C)C)c2CC)c(F)n1)C1CCC(C)CC1. The van der Waals surface area contributed by atoms with E-state index in [1.165, 1.54) is 6.26 Å². The van der Waals surface area contributed by atoms with Gasteiger partial charge in [0, 0.05) is 31.5 Å². The number of carbonyl (C=O) groups is 2. The van der Waals surface area contributed by atoms with Gasteiger partial charge in [-0.1, -0.05) is 58.4 Å². The molecule has 3 aromatic heterocycles. The lowest BCUT2D eigenvalue weighted by Crippen LogP contribution is -2.49. The summed E-state index contributed by atoms with van der Waals surface area (Å²) in [6, 6.07) is 3.46. The van der Waals surface area contributed by atoms with Crippen LogP contribution in [0.3, 0.4) is 0 Å². The van der Waals surface area contributed by atoms with Crippen LogP contribution in [0.4, 0.5) is 10.2 Å². The largest absolute Gasteiger partial charge is 0.364 e. The average molecular weight is 627 g/mol. The van der Waals surface area contributed by atoms with E-state index in [1.54, 1.807) is 16.8 Å². The Balaban J connectivity index is 1.52. The number of pyridine rings is 1. The molecule has 1 fully saturated rings. The number of aryl methyl sites for hydroxylation is 2. The monoisotopic (exact) mass is 626 g/mol. The van der Waals surface area contributed by atoms with Gasteiger partial charge in [-0.25, -0.2) is 9.67 Å². The molecule has 12 heteroatoms. The van der Waals surface area contributed by atoms with Gasteiger partial charge in [0.25, 0.3) is 5.91 Å². The fourth-order valence-electron chi connectivity index (χ4n) is 5.80. The molecule has 0 unspecified atom stereocenters. The van der Waals surface area contributed by atoms with Gasteiger partial charge >= 0.3 is 0 Å². The number of anilines is 1. The Bertz CT molecular complexity index is 1440. The lowest BCUT2D eigenvalue weighted by molar-refractivity contribution is -0.119. The van der Waals surface area contributed by atoms with Crippen LogP contribution in [-0.2, 0) is 29.1 Å². The molecule has 3 aromatic rings. The molecule has 2 amide bonds. The average Bonchev–Trinajstić information content (AvgIpc) is 3.58. The van der Waals surface area contributed by atoms with Crippen molar-refractivity contribution in [3.05, 3.63) is 47.0 Å². The van der Waals surface area contributed by atoms with Gasteiger partial charge in [0.1, 0.15) is 30.4 Å². The van der Waals surface area contributed by atoms with Crippen molar-refractivity contribution < 1.29 is 23.2 Å². The van der Waals surface area contributed by atoms with Gasteiger partial charge in [0.15, 0.2) is 0 Å².